The minimum atomic E-state index is 0.280. The second-order valence-corrected chi connectivity index (χ2v) is 8.12. The van der Waals surface area contributed by atoms with E-state index in [0.29, 0.717) is 6.54 Å². The van der Waals surface area contributed by atoms with Gasteiger partial charge >= 0.3 is 0 Å². The summed E-state index contributed by atoms with van der Waals surface area (Å²) in [5.74, 6) is 1.92. The van der Waals surface area contributed by atoms with E-state index >= 15 is 0 Å². The van der Waals surface area contributed by atoms with Crippen molar-refractivity contribution in [3.8, 4) is 5.75 Å². The van der Waals surface area contributed by atoms with E-state index in [9.17, 15) is 0 Å². The van der Waals surface area contributed by atoms with Crippen LogP contribution in [0.2, 0.25) is 0 Å². The Bertz CT molecular complexity index is 962. The predicted molar refractivity (Wildman–Crippen MR) is 138 cm³/mol. The number of allylic oxidation sites excluding steroid dienone is 1. The summed E-state index contributed by atoms with van der Waals surface area (Å²) in [6, 6.07) is 18.5. The molecule has 0 atom stereocenters. The first-order valence-electron chi connectivity index (χ1n) is 11.5. The Morgan fingerprint density at radius 2 is 1.82 bits per heavy atom. The van der Waals surface area contributed by atoms with Crippen molar-refractivity contribution in [1.29, 1.82) is 0 Å². The van der Waals surface area contributed by atoms with Gasteiger partial charge in [-0.1, -0.05) is 43.3 Å². The van der Waals surface area contributed by atoms with E-state index in [1.807, 2.05) is 43.3 Å². The fourth-order valence-corrected chi connectivity index (χ4v) is 3.81. The first-order valence-corrected chi connectivity index (χ1v) is 11.5. The van der Waals surface area contributed by atoms with Crippen molar-refractivity contribution in [2.45, 2.75) is 26.8 Å². The number of ether oxygens (including phenoxy) is 1. The van der Waals surface area contributed by atoms with Crippen molar-refractivity contribution in [2.24, 2.45) is 15.7 Å². The molecule has 0 unspecified atom stereocenters. The summed E-state index contributed by atoms with van der Waals surface area (Å²) in [6.45, 7) is 9.46. The van der Waals surface area contributed by atoms with Gasteiger partial charge in [0.1, 0.15) is 11.6 Å². The van der Waals surface area contributed by atoms with Crippen LogP contribution in [0.3, 0.4) is 0 Å². The van der Waals surface area contributed by atoms with Crippen LogP contribution in [0, 0.1) is 0 Å². The molecule has 0 saturated carbocycles. The van der Waals surface area contributed by atoms with Gasteiger partial charge in [0.25, 0.3) is 0 Å². The van der Waals surface area contributed by atoms with Gasteiger partial charge in [-0.2, -0.15) is 4.99 Å². The fraction of sp³-hybridized carbons (Fsp3) is 0.385. The zero-order chi connectivity index (χ0) is 23.5. The van der Waals surface area contributed by atoms with E-state index < -0.39 is 0 Å². The molecule has 0 aliphatic carbocycles. The van der Waals surface area contributed by atoms with Crippen LogP contribution in [0.25, 0.3) is 0 Å². The molecule has 2 aromatic rings. The van der Waals surface area contributed by atoms with Gasteiger partial charge in [-0.15, -0.1) is 0 Å². The molecule has 1 heterocycles. The van der Waals surface area contributed by atoms with Gasteiger partial charge in [0.05, 0.1) is 7.11 Å². The lowest BCUT2D eigenvalue weighted by atomic mass is 10.2. The number of hydrogen-bond acceptors (Lipinski definition) is 5. The third kappa shape index (κ3) is 7.95. The number of rotatable bonds is 9. The molecule has 0 aromatic heterocycles. The molecule has 1 aliphatic heterocycles. The van der Waals surface area contributed by atoms with E-state index in [1.165, 1.54) is 11.3 Å². The van der Waals surface area contributed by atoms with Crippen LogP contribution in [0.15, 0.2) is 76.5 Å². The molecular weight excluding hydrogens is 412 g/mol. The number of anilines is 1. The Kier molecular flexibility index (Phi) is 9.32. The van der Waals surface area contributed by atoms with Crippen molar-refractivity contribution in [1.82, 2.24) is 10.2 Å². The molecule has 0 bridgehead atoms. The van der Waals surface area contributed by atoms with E-state index in [4.69, 9.17) is 10.5 Å². The van der Waals surface area contributed by atoms with E-state index in [0.717, 1.165) is 56.4 Å². The molecule has 1 saturated heterocycles. The minimum Gasteiger partial charge on any atom is -0.497 e. The molecule has 0 spiro atoms. The number of nitrogens with one attached hydrogen (secondary N) is 1. The number of nitrogens with two attached hydrogens (primary N) is 1. The lowest BCUT2D eigenvalue weighted by molar-refractivity contribution is 0.291. The van der Waals surface area contributed by atoms with Gasteiger partial charge in [0.15, 0.2) is 0 Å². The number of benzene rings is 2. The molecule has 7 nitrogen and oxygen atoms in total. The smallest absolute Gasteiger partial charge is 0.221 e. The maximum Gasteiger partial charge on any atom is 0.221 e. The van der Waals surface area contributed by atoms with Gasteiger partial charge in [0, 0.05) is 56.7 Å². The number of nitrogens with zero attached hydrogens (tertiary/aromatic N) is 4. The maximum atomic E-state index is 6.15. The molecule has 7 heteroatoms. The van der Waals surface area contributed by atoms with Crippen molar-refractivity contribution in [3.63, 3.8) is 0 Å². The van der Waals surface area contributed by atoms with Crippen LogP contribution >= 0.6 is 0 Å². The summed E-state index contributed by atoms with van der Waals surface area (Å²) in [5.41, 5.74) is 9.51. The predicted octanol–water partition coefficient (Wildman–Crippen LogP) is 3.63. The summed E-state index contributed by atoms with van der Waals surface area (Å²) in [7, 11) is 1.70. The van der Waals surface area contributed by atoms with Gasteiger partial charge in [-0.05, 0) is 37.1 Å². The largest absolute Gasteiger partial charge is 0.497 e. The van der Waals surface area contributed by atoms with Crippen LogP contribution < -0.4 is 20.7 Å². The van der Waals surface area contributed by atoms with Crippen molar-refractivity contribution in [3.05, 3.63) is 72.1 Å². The topological polar surface area (TPSA) is 78.5 Å². The zero-order valence-electron chi connectivity index (χ0n) is 20.0. The van der Waals surface area contributed by atoms with Crippen LogP contribution in [0.5, 0.6) is 5.75 Å². The van der Waals surface area contributed by atoms with Crippen LogP contribution in [-0.2, 0) is 6.54 Å². The van der Waals surface area contributed by atoms with E-state index in [2.05, 4.69) is 56.3 Å². The van der Waals surface area contributed by atoms with Gasteiger partial charge < -0.3 is 20.7 Å². The molecule has 3 N–H and O–H groups in total. The number of piperazine rings is 1. The van der Waals surface area contributed by atoms with E-state index in [-0.39, 0.29) is 5.96 Å². The molecule has 0 amide bonds. The first-order chi connectivity index (χ1) is 16.1. The Balaban J connectivity index is 1.51. The standard InChI is InChI=1S/C26H36N6O/c1-4-9-25(28-19-22-10-6-5-7-11-22)30-26(27)29-21(2)20-31-14-16-32(17-15-31)23-12-8-13-24(18-23)33-3/h5-13,18,28H,4,14-17,19-20H2,1-3H3,(H2,27,30)/b25-9+,29-21+. The Labute approximate surface area is 197 Å². The molecule has 176 valence electrons. The molecule has 33 heavy (non-hydrogen) atoms. The Morgan fingerprint density at radius 3 is 2.52 bits per heavy atom. The first kappa shape index (κ1) is 24.3. The summed E-state index contributed by atoms with van der Waals surface area (Å²) < 4.78 is 5.35. The minimum absolute atomic E-state index is 0.280. The Hall–Kier alpha value is -3.32. The van der Waals surface area contributed by atoms with Crippen molar-refractivity contribution in [2.75, 3.05) is 44.7 Å². The average molecular weight is 449 g/mol. The third-order valence-corrected chi connectivity index (χ3v) is 5.50. The molecule has 2 aromatic carbocycles. The SMILES string of the molecule is CC/C=C(/N=C(N)\N=C(/C)CN1CCN(c2cccc(OC)c2)CC1)NCc1ccccc1. The molecule has 1 fully saturated rings. The number of hydrogen-bond donors (Lipinski definition) is 2. The van der Waals surface area contributed by atoms with Crippen LogP contribution in [0.1, 0.15) is 25.8 Å². The summed E-state index contributed by atoms with van der Waals surface area (Å²) in [5, 5.41) is 3.35. The number of guanidine groups is 1. The normalized spacial score (nSPS) is 16.1. The monoisotopic (exact) mass is 448 g/mol. The van der Waals surface area contributed by atoms with Crippen molar-refractivity contribution >= 4 is 17.4 Å². The second kappa shape index (κ2) is 12.6. The number of aliphatic imine (C=N–C) groups is 2. The van der Waals surface area contributed by atoms with Gasteiger partial charge in [-0.25, -0.2) is 4.99 Å². The fourth-order valence-electron chi connectivity index (χ4n) is 3.81. The lowest BCUT2D eigenvalue weighted by Gasteiger charge is -2.36. The highest BCUT2D eigenvalue weighted by atomic mass is 16.5. The Morgan fingerprint density at radius 1 is 1.06 bits per heavy atom. The maximum absolute atomic E-state index is 6.15. The molecule has 0 radical (unpaired) electrons. The van der Waals surface area contributed by atoms with Crippen LogP contribution in [0.4, 0.5) is 5.69 Å². The highest BCUT2D eigenvalue weighted by molar-refractivity contribution is 5.96. The molecule has 3 rings (SSSR count). The highest BCUT2D eigenvalue weighted by Crippen LogP contribution is 2.22. The third-order valence-electron chi connectivity index (χ3n) is 5.50. The average Bonchev–Trinajstić information content (AvgIpc) is 2.83. The lowest BCUT2D eigenvalue weighted by Crippen LogP contribution is -2.47. The molecule has 1 aliphatic rings. The summed E-state index contributed by atoms with van der Waals surface area (Å²) in [4.78, 5) is 13.8. The van der Waals surface area contributed by atoms with E-state index in [1.54, 1.807) is 7.11 Å². The summed E-state index contributed by atoms with van der Waals surface area (Å²) >= 11 is 0. The van der Waals surface area contributed by atoms with Gasteiger partial charge in [-0.3, -0.25) is 4.90 Å². The van der Waals surface area contributed by atoms with Crippen LogP contribution in [-0.4, -0.2) is 56.4 Å². The quantitative estimate of drug-likeness (QED) is 0.452. The second-order valence-electron chi connectivity index (χ2n) is 8.12. The zero-order valence-corrected chi connectivity index (χ0v) is 20.0. The van der Waals surface area contributed by atoms with Crippen molar-refractivity contribution < 1.29 is 4.74 Å². The number of methoxy groups -OCH3 is 1. The summed E-state index contributed by atoms with van der Waals surface area (Å²) in [6.07, 6.45) is 2.90. The highest BCUT2D eigenvalue weighted by Gasteiger charge is 2.18. The molecular formula is C26H36N6O. The van der Waals surface area contributed by atoms with Gasteiger partial charge in [0.2, 0.25) is 5.96 Å².